The maximum absolute atomic E-state index is 12.1. The highest BCUT2D eigenvalue weighted by atomic mass is 16.6. The Balaban J connectivity index is 1.43. The number of carboxylic acids is 1. The van der Waals surface area contributed by atoms with Crippen LogP contribution in [0.2, 0.25) is 0 Å². The monoisotopic (exact) mass is 637 g/mol. The van der Waals surface area contributed by atoms with Crippen LogP contribution in [0.4, 0.5) is 11.6 Å². The van der Waals surface area contributed by atoms with E-state index in [1.54, 1.807) is 13.8 Å². The van der Waals surface area contributed by atoms with Crippen molar-refractivity contribution in [1.29, 1.82) is 0 Å². The average Bonchev–Trinajstić information content (AvgIpc) is 3.06. The predicted molar refractivity (Wildman–Crippen MR) is 177 cm³/mol. The van der Waals surface area contributed by atoms with Crippen molar-refractivity contribution in [3.63, 3.8) is 0 Å². The van der Waals surface area contributed by atoms with E-state index in [2.05, 4.69) is 0 Å². The lowest BCUT2D eigenvalue weighted by atomic mass is 10.1. The average molecular weight is 638 g/mol. The van der Waals surface area contributed by atoms with E-state index in [-0.39, 0.29) is 5.97 Å². The van der Waals surface area contributed by atoms with Crippen molar-refractivity contribution in [3.8, 4) is 11.5 Å². The lowest BCUT2D eigenvalue weighted by molar-refractivity contribution is -0.156. The summed E-state index contributed by atoms with van der Waals surface area (Å²) in [5.74, 6) is 1.79. The largest absolute Gasteiger partial charge is 0.492 e. The molecule has 0 amide bonds. The van der Waals surface area contributed by atoms with Crippen LogP contribution in [0.25, 0.3) is 0 Å². The summed E-state index contributed by atoms with van der Waals surface area (Å²) in [5.41, 5.74) is 1.84. The molecule has 0 spiro atoms. The molecule has 3 rings (SSSR count). The number of carboxylic acid groups (broad SMARTS) is 1. The van der Waals surface area contributed by atoms with Crippen molar-refractivity contribution >= 4 is 23.6 Å². The number of rotatable bonds is 21. The minimum absolute atomic E-state index is 0.303. The number of esters is 1. The lowest BCUT2D eigenvalue weighted by Crippen LogP contribution is -2.29. The first-order valence-corrected chi connectivity index (χ1v) is 15.7. The summed E-state index contributed by atoms with van der Waals surface area (Å²) in [4.78, 5) is 32.4. The standard InChI is InChI=1S/C35H47N3O8/c1-6-42-30(34(39)40)24-26-12-16-28(17-13-26)45-22-20-37(4)32-10-9-11-33(36-32)38(5)21-23-46-29-18-14-27(15-19-29)25-31(43-7-2)35(41)44-8-3/h9-19,30-31H,6-8,20-25H2,1-5H3,(H,39,40)/t30-,31-/m0/s1. The Hall–Kier alpha value is -4.35. The summed E-state index contributed by atoms with van der Waals surface area (Å²) in [6.07, 6.45) is -0.733. The molecule has 11 heteroatoms. The first kappa shape index (κ1) is 36.1. The van der Waals surface area contributed by atoms with Crippen molar-refractivity contribution in [2.24, 2.45) is 0 Å². The summed E-state index contributed by atoms with van der Waals surface area (Å²) in [6.45, 7) is 8.71. The van der Waals surface area contributed by atoms with Gasteiger partial charge in [-0.2, -0.15) is 0 Å². The molecule has 250 valence electrons. The number of anilines is 2. The maximum Gasteiger partial charge on any atom is 0.335 e. The van der Waals surface area contributed by atoms with E-state index < -0.39 is 18.2 Å². The Morgan fingerprint density at radius 3 is 1.59 bits per heavy atom. The topological polar surface area (TPSA) is 120 Å². The number of aliphatic carboxylic acids is 1. The number of nitrogens with zero attached hydrogens (tertiary/aromatic N) is 3. The molecule has 1 heterocycles. The second kappa shape index (κ2) is 19.2. The normalized spacial score (nSPS) is 12.2. The van der Waals surface area contributed by atoms with E-state index in [4.69, 9.17) is 28.7 Å². The van der Waals surface area contributed by atoms with E-state index >= 15 is 0 Å². The first-order chi connectivity index (χ1) is 22.2. The number of pyridine rings is 1. The summed E-state index contributed by atoms with van der Waals surface area (Å²) < 4.78 is 27.9. The third-order valence-corrected chi connectivity index (χ3v) is 7.14. The van der Waals surface area contributed by atoms with Gasteiger partial charge < -0.3 is 38.6 Å². The van der Waals surface area contributed by atoms with Crippen LogP contribution in [0.1, 0.15) is 31.9 Å². The molecule has 0 aliphatic heterocycles. The highest BCUT2D eigenvalue weighted by Gasteiger charge is 2.21. The number of likely N-dealkylation sites (N-methyl/N-ethyl adjacent to an activating group) is 2. The van der Waals surface area contributed by atoms with Gasteiger partial charge in [0.05, 0.1) is 19.7 Å². The Labute approximate surface area is 272 Å². The summed E-state index contributed by atoms with van der Waals surface area (Å²) in [7, 11) is 3.94. The van der Waals surface area contributed by atoms with Crippen molar-refractivity contribution in [2.75, 3.05) is 70.0 Å². The molecule has 0 fully saturated rings. The van der Waals surface area contributed by atoms with Crippen LogP contribution in [0.3, 0.4) is 0 Å². The fourth-order valence-electron chi connectivity index (χ4n) is 4.60. The van der Waals surface area contributed by atoms with Crippen LogP contribution in [0.15, 0.2) is 66.7 Å². The van der Waals surface area contributed by atoms with Crippen LogP contribution in [-0.4, -0.2) is 94.5 Å². The van der Waals surface area contributed by atoms with Gasteiger partial charge in [0.15, 0.2) is 12.2 Å². The van der Waals surface area contributed by atoms with Gasteiger partial charge in [-0.25, -0.2) is 14.6 Å². The first-order valence-electron chi connectivity index (χ1n) is 15.7. The Morgan fingerprint density at radius 2 is 1.15 bits per heavy atom. The van der Waals surface area contributed by atoms with E-state index in [1.807, 2.05) is 97.5 Å². The molecular formula is C35H47N3O8. The van der Waals surface area contributed by atoms with Gasteiger partial charge in [-0.05, 0) is 68.3 Å². The Bertz CT molecular complexity index is 1340. The van der Waals surface area contributed by atoms with E-state index in [9.17, 15) is 14.7 Å². The molecule has 46 heavy (non-hydrogen) atoms. The van der Waals surface area contributed by atoms with E-state index in [1.165, 1.54) is 0 Å². The van der Waals surface area contributed by atoms with Crippen molar-refractivity contribution in [2.45, 2.75) is 45.8 Å². The maximum atomic E-state index is 12.1. The zero-order valence-electron chi connectivity index (χ0n) is 27.5. The Morgan fingerprint density at radius 1 is 0.696 bits per heavy atom. The fourth-order valence-corrected chi connectivity index (χ4v) is 4.60. The zero-order valence-corrected chi connectivity index (χ0v) is 27.5. The van der Waals surface area contributed by atoms with Gasteiger partial charge in [-0.3, -0.25) is 0 Å². The molecule has 1 aromatic heterocycles. The highest BCUT2D eigenvalue weighted by molar-refractivity contribution is 5.75. The van der Waals surface area contributed by atoms with Crippen LogP contribution in [0.5, 0.6) is 11.5 Å². The smallest absolute Gasteiger partial charge is 0.335 e. The molecule has 3 aromatic rings. The molecule has 0 radical (unpaired) electrons. The molecule has 0 saturated carbocycles. The Kier molecular flexibility index (Phi) is 15.1. The molecule has 0 bridgehead atoms. The van der Waals surface area contributed by atoms with Crippen LogP contribution in [-0.2, 0) is 36.6 Å². The second-order valence-corrected chi connectivity index (χ2v) is 10.6. The van der Waals surface area contributed by atoms with Crippen molar-refractivity contribution in [3.05, 3.63) is 77.9 Å². The van der Waals surface area contributed by atoms with Crippen LogP contribution >= 0.6 is 0 Å². The number of ether oxygens (including phenoxy) is 5. The van der Waals surface area contributed by atoms with Crippen LogP contribution < -0.4 is 19.3 Å². The molecule has 0 aliphatic carbocycles. The molecule has 0 aliphatic rings. The van der Waals surface area contributed by atoms with Gasteiger partial charge in [-0.15, -0.1) is 0 Å². The minimum Gasteiger partial charge on any atom is -0.492 e. The quantitative estimate of drug-likeness (QED) is 0.164. The van der Waals surface area contributed by atoms with Crippen LogP contribution in [0, 0.1) is 0 Å². The molecule has 0 unspecified atom stereocenters. The number of hydrogen-bond acceptors (Lipinski definition) is 10. The van der Waals surface area contributed by atoms with E-state index in [0.717, 1.165) is 28.5 Å². The molecular weight excluding hydrogens is 590 g/mol. The minimum atomic E-state index is -0.966. The SMILES string of the molecule is CCOC(=O)[C@H](Cc1ccc(OCCN(C)c2cccc(N(C)CCOc3ccc(C[C@H](OCC)C(=O)O)cc3)n2)cc1)OCC. The van der Waals surface area contributed by atoms with Crippen molar-refractivity contribution in [1.82, 2.24) is 4.98 Å². The molecule has 11 nitrogen and oxygen atoms in total. The fraction of sp³-hybridized carbons (Fsp3) is 0.457. The third kappa shape index (κ3) is 11.9. The molecule has 1 N–H and O–H groups in total. The van der Waals surface area contributed by atoms with Gasteiger partial charge in [0.2, 0.25) is 0 Å². The summed E-state index contributed by atoms with van der Waals surface area (Å²) >= 11 is 0. The van der Waals surface area contributed by atoms with Crippen molar-refractivity contribution < 1.29 is 38.4 Å². The van der Waals surface area contributed by atoms with Gasteiger partial charge in [0.1, 0.15) is 36.3 Å². The number of aromatic nitrogens is 1. The lowest BCUT2D eigenvalue weighted by Gasteiger charge is -2.22. The second-order valence-electron chi connectivity index (χ2n) is 10.6. The van der Waals surface area contributed by atoms with Gasteiger partial charge in [0, 0.05) is 40.2 Å². The van der Waals surface area contributed by atoms with Gasteiger partial charge in [-0.1, -0.05) is 30.3 Å². The molecule has 2 aromatic carbocycles. The van der Waals surface area contributed by atoms with E-state index in [0.29, 0.717) is 64.7 Å². The third-order valence-electron chi connectivity index (χ3n) is 7.14. The summed E-state index contributed by atoms with van der Waals surface area (Å²) in [5, 5.41) is 9.29. The number of carbonyl (C=O) groups excluding carboxylic acids is 1. The summed E-state index contributed by atoms with van der Waals surface area (Å²) in [6, 6.07) is 21.0. The number of hydrogen-bond donors (Lipinski definition) is 1. The molecule has 0 saturated heterocycles. The number of carbonyl (C=O) groups is 2. The predicted octanol–water partition coefficient (Wildman–Crippen LogP) is 4.65. The number of benzene rings is 2. The zero-order chi connectivity index (χ0) is 33.3. The molecule has 2 atom stereocenters. The van der Waals surface area contributed by atoms with Gasteiger partial charge >= 0.3 is 11.9 Å². The highest BCUT2D eigenvalue weighted by Crippen LogP contribution is 2.19. The van der Waals surface area contributed by atoms with Gasteiger partial charge in [0.25, 0.3) is 0 Å².